The molecule has 1 saturated carbocycles. The van der Waals surface area contributed by atoms with Crippen molar-refractivity contribution in [2.45, 2.75) is 62.9 Å². The summed E-state index contributed by atoms with van der Waals surface area (Å²) in [4.78, 5) is 2.60. The Morgan fingerprint density at radius 1 is 1.24 bits per heavy atom. The van der Waals surface area contributed by atoms with Gasteiger partial charge in [0.05, 0.1) is 0 Å². The molecular formula is C14H29N3. The number of hydrogen-bond acceptors (Lipinski definition) is 3. The first-order valence-corrected chi connectivity index (χ1v) is 7.43. The highest BCUT2D eigenvalue weighted by atomic mass is 15.1. The maximum absolute atomic E-state index is 6.62. The molecule has 0 aromatic carbocycles. The van der Waals surface area contributed by atoms with Crippen molar-refractivity contribution in [2.75, 3.05) is 26.7 Å². The van der Waals surface area contributed by atoms with Gasteiger partial charge in [-0.05, 0) is 65.2 Å². The van der Waals surface area contributed by atoms with Crippen molar-refractivity contribution in [1.29, 1.82) is 0 Å². The molecule has 2 atom stereocenters. The van der Waals surface area contributed by atoms with Crippen LogP contribution in [-0.2, 0) is 0 Å². The fraction of sp³-hybridized carbons (Fsp3) is 1.00. The van der Waals surface area contributed by atoms with Crippen LogP contribution in [0.2, 0.25) is 0 Å². The lowest BCUT2D eigenvalue weighted by Gasteiger charge is -2.41. The molecule has 17 heavy (non-hydrogen) atoms. The van der Waals surface area contributed by atoms with Gasteiger partial charge in [0, 0.05) is 11.6 Å². The van der Waals surface area contributed by atoms with Crippen molar-refractivity contribution < 1.29 is 0 Å². The summed E-state index contributed by atoms with van der Waals surface area (Å²) >= 11 is 0. The van der Waals surface area contributed by atoms with Crippen LogP contribution < -0.4 is 11.1 Å². The van der Waals surface area contributed by atoms with Gasteiger partial charge in [-0.2, -0.15) is 0 Å². The van der Waals surface area contributed by atoms with Gasteiger partial charge in [0.2, 0.25) is 0 Å². The summed E-state index contributed by atoms with van der Waals surface area (Å²) in [5.41, 5.74) is 6.68. The summed E-state index contributed by atoms with van der Waals surface area (Å²) in [7, 11) is 2.07. The monoisotopic (exact) mass is 239 g/mol. The van der Waals surface area contributed by atoms with Crippen molar-refractivity contribution in [3.05, 3.63) is 0 Å². The van der Waals surface area contributed by atoms with E-state index < -0.39 is 0 Å². The number of likely N-dealkylation sites (N-methyl/N-ethyl adjacent to an activating group) is 1. The van der Waals surface area contributed by atoms with Gasteiger partial charge in [-0.15, -0.1) is 0 Å². The quantitative estimate of drug-likeness (QED) is 0.767. The average molecular weight is 239 g/mol. The molecule has 2 unspecified atom stereocenters. The van der Waals surface area contributed by atoms with Crippen LogP contribution in [0.5, 0.6) is 0 Å². The van der Waals surface area contributed by atoms with Crippen molar-refractivity contribution in [1.82, 2.24) is 10.2 Å². The Morgan fingerprint density at radius 2 is 2.00 bits per heavy atom. The molecule has 0 radical (unpaired) electrons. The number of likely N-dealkylation sites (tertiary alicyclic amines) is 1. The molecule has 2 aliphatic rings. The lowest BCUT2D eigenvalue weighted by molar-refractivity contribution is 0.197. The Hall–Kier alpha value is -0.120. The first-order chi connectivity index (χ1) is 8.24. The van der Waals surface area contributed by atoms with Gasteiger partial charge >= 0.3 is 0 Å². The molecule has 0 bridgehead atoms. The van der Waals surface area contributed by atoms with Crippen LogP contribution in [0.25, 0.3) is 0 Å². The minimum Gasteiger partial charge on any atom is -0.324 e. The largest absolute Gasteiger partial charge is 0.324 e. The maximum Gasteiger partial charge on any atom is 0.0310 e. The van der Waals surface area contributed by atoms with Crippen LogP contribution in [0.3, 0.4) is 0 Å². The number of nitrogens with one attached hydrogen (secondary N) is 1. The third kappa shape index (κ3) is 3.43. The molecule has 0 amide bonds. The van der Waals surface area contributed by atoms with E-state index in [2.05, 4.69) is 17.3 Å². The molecule has 1 aliphatic carbocycles. The number of nitrogens with two attached hydrogens (primary N) is 1. The molecule has 2 rings (SSSR count). The molecule has 3 heteroatoms. The predicted octanol–water partition coefficient (Wildman–Crippen LogP) is 1.72. The summed E-state index contributed by atoms with van der Waals surface area (Å²) in [6.07, 6.45) is 10.4. The smallest absolute Gasteiger partial charge is 0.0310 e. The second-order valence-corrected chi connectivity index (χ2v) is 5.97. The third-order valence-corrected chi connectivity index (χ3v) is 4.74. The molecule has 1 heterocycles. The Bertz CT molecular complexity index is 226. The van der Waals surface area contributed by atoms with E-state index in [1.165, 1.54) is 71.0 Å². The van der Waals surface area contributed by atoms with Crippen LogP contribution in [0.4, 0.5) is 0 Å². The highest BCUT2D eigenvalue weighted by Gasteiger charge is 2.35. The van der Waals surface area contributed by atoms with Gasteiger partial charge in [-0.3, -0.25) is 0 Å². The van der Waals surface area contributed by atoms with Gasteiger partial charge in [0.1, 0.15) is 0 Å². The molecule has 0 aromatic heterocycles. The molecule has 1 aliphatic heterocycles. The maximum atomic E-state index is 6.62. The lowest BCUT2D eigenvalue weighted by Crippen LogP contribution is -2.58. The summed E-state index contributed by atoms with van der Waals surface area (Å²) in [6, 6.07) is 0.537. The zero-order chi connectivity index (χ0) is 12.1. The van der Waals surface area contributed by atoms with Gasteiger partial charge in [0.15, 0.2) is 0 Å². The summed E-state index contributed by atoms with van der Waals surface area (Å²) in [6.45, 7) is 3.88. The Balaban J connectivity index is 1.74. The number of hydrogen-bond donors (Lipinski definition) is 2. The van der Waals surface area contributed by atoms with Crippen LogP contribution >= 0.6 is 0 Å². The van der Waals surface area contributed by atoms with E-state index in [9.17, 15) is 0 Å². The Morgan fingerprint density at radius 3 is 2.71 bits per heavy atom. The van der Waals surface area contributed by atoms with Crippen molar-refractivity contribution in [2.24, 2.45) is 5.73 Å². The molecule has 100 valence electrons. The second-order valence-electron chi connectivity index (χ2n) is 5.97. The number of rotatable bonds is 5. The van der Waals surface area contributed by atoms with Crippen LogP contribution in [0.15, 0.2) is 0 Å². The average Bonchev–Trinajstić information content (AvgIpc) is 2.82. The standard InChI is InChI=1S/C14H29N3/c1-16-13-7-2-3-8-14(13,15)9-6-12-17-10-4-5-11-17/h13,16H,2-12,15H2,1H3. The normalized spacial score (nSPS) is 35.3. The zero-order valence-corrected chi connectivity index (χ0v) is 11.4. The number of nitrogens with zero attached hydrogens (tertiary/aromatic N) is 1. The highest BCUT2D eigenvalue weighted by Crippen LogP contribution is 2.30. The minimum atomic E-state index is 0.0622. The highest BCUT2D eigenvalue weighted by molar-refractivity contribution is 4.98. The Labute approximate surface area is 106 Å². The molecule has 0 aromatic rings. The third-order valence-electron chi connectivity index (χ3n) is 4.74. The van der Waals surface area contributed by atoms with E-state index in [4.69, 9.17) is 5.73 Å². The zero-order valence-electron chi connectivity index (χ0n) is 11.4. The van der Waals surface area contributed by atoms with Crippen molar-refractivity contribution in [3.63, 3.8) is 0 Å². The predicted molar refractivity (Wildman–Crippen MR) is 73.1 cm³/mol. The van der Waals surface area contributed by atoms with E-state index in [-0.39, 0.29) is 5.54 Å². The van der Waals surface area contributed by atoms with Gasteiger partial charge in [0.25, 0.3) is 0 Å². The Kier molecular flexibility index (Phi) is 4.83. The topological polar surface area (TPSA) is 41.3 Å². The van der Waals surface area contributed by atoms with E-state index in [0.29, 0.717) is 6.04 Å². The second kappa shape index (κ2) is 6.17. The molecule has 1 saturated heterocycles. The summed E-state index contributed by atoms with van der Waals surface area (Å²) in [5.74, 6) is 0. The summed E-state index contributed by atoms with van der Waals surface area (Å²) in [5, 5.41) is 3.43. The molecule has 3 N–H and O–H groups in total. The van der Waals surface area contributed by atoms with E-state index >= 15 is 0 Å². The van der Waals surface area contributed by atoms with Crippen LogP contribution in [0.1, 0.15) is 51.4 Å². The van der Waals surface area contributed by atoms with Gasteiger partial charge in [-0.25, -0.2) is 0 Å². The van der Waals surface area contributed by atoms with Crippen LogP contribution in [-0.4, -0.2) is 43.2 Å². The SMILES string of the molecule is CNC1CCCCC1(N)CCCN1CCCC1. The van der Waals surface area contributed by atoms with Crippen LogP contribution in [0, 0.1) is 0 Å². The van der Waals surface area contributed by atoms with Gasteiger partial charge < -0.3 is 16.0 Å². The fourth-order valence-corrected chi connectivity index (χ4v) is 3.63. The van der Waals surface area contributed by atoms with Crippen molar-refractivity contribution >= 4 is 0 Å². The lowest BCUT2D eigenvalue weighted by atomic mass is 9.75. The molecule has 3 nitrogen and oxygen atoms in total. The van der Waals surface area contributed by atoms with E-state index in [0.717, 1.165) is 0 Å². The molecule has 0 spiro atoms. The first kappa shape index (κ1) is 13.3. The fourth-order valence-electron chi connectivity index (χ4n) is 3.63. The minimum absolute atomic E-state index is 0.0622. The van der Waals surface area contributed by atoms with Gasteiger partial charge in [-0.1, -0.05) is 12.8 Å². The first-order valence-electron chi connectivity index (χ1n) is 7.43. The molecular weight excluding hydrogens is 210 g/mol. The van der Waals surface area contributed by atoms with Crippen molar-refractivity contribution in [3.8, 4) is 0 Å². The van der Waals surface area contributed by atoms with E-state index in [1.807, 2.05) is 0 Å². The summed E-state index contributed by atoms with van der Waals surface area (Å²) < 4.78 is 0. The van der Waals surface area contributed by atoms with E-state index in [1.54, 1.807) is 0 Å². The molecule has 2 fully saturated rings.